The van der Waals surface area contributed by atoms with Crippen molar-refractivity contribution in [3.05, 3.63) is 82.9 Å². The molecule has 0 saturated carbocycles. The topological polar surface area (TPSA) is 67.4 Å². The second-order valence-electron chi connectivity index (χ2n) is 6.48. The Bertz CT molecular complexity index is 1040. The van der Waals surface area contributed by atoms with Gasteiger partial charge in [-0.15, -0.1) is 0 Å². The first kappa shape index (κ1) is 21.7. The van der Waals surface area contributed by atoms with Crippen LogP contribution >= 0.6 is 23.4 Å². The number of nitrogens with one attached hydrogen (secondary N) is 2. The van der Waals surface area contributed by atoms with Crippen LogP contribution in [0.5, 0.6) is 5.75 Å². The lowest BCUT2D eigenvalue weighted by atomic mass is 10.1. The van der Waals surface area contributed by atoms with Gasteiger partial charge in [0.15, 0.2) is 0 Å². The van der Waals surface area contributed by atoms with Crippen molar-refractivity contribution in [1.29, 1.82) is 0 Å². The van der Waals surface area contributed by atoms with Crippen LogP contribution in [0, 0.1) is 0 Å². The predicted octanol–water partition coefficient (Wildman–Crippen LogP) is 5.39. The number of amides is 2. The zero-order valence-electron chi connectivity index (χ0n) is 16.6. The molecule has 0 heterocycles. The van der Waals surface area contributed by atoms with E-state index >= 15 is 0 Å². The highest BCUT2D eigenvalue weighted by atomic mass is 35.5. The van der Waals surface area contributed by atoms with E-state index in [-0.39, 0.29) is 11.8 Å². The summed E-state index contributed by atoms with van der Waals surface area (Å²) in [4.78, 5) is 25.4. The third-order valence-corrected chi connectivity index (χ3v) is 5.74. The van der Waals surface area contributed by atoms with Gasteiger partial charge in [-0.2, -0.15) is 0 Å². The Labute approximate surface area is 184 Å². The molecular formula is C23H21ClN2O3S. The van der Waals surface area contributed by atoms with Crippen LogP contribution in [0.15, 0.2) is 76.5 Å². The number of hydrogen-bond acceptors (Lipinski definition) is 4. The van der Waals surface area contributed by atoms with Gasteiger partial charge in [0.2, 0.25) is 5.91 Å². The number of carbonyl (C=O) groups excluding carboxylic acids is 2. The van der Waals surface area contributed by atoms with Gasteiger partial charge < -0.3 is 15.4 Å². The van der Waals surface area contributed by atoms with Crippen molar-refractivity contribution in [3.8, 4) is 5.75 Å². The molecule has 0 saturated heterocycles. The highest BCUT2D eigenvalue weighted by molar-refractivity contribution is 7.99. The number of rotatable bonds is 7. The fourth-order valence-electron chi connectivity index (χ4n) is 2.64. The molecule has 0 unspecified atom stereocenters. The number of methoxy groups -OCH3 is 1. The van der Waals surface area contributed by atoms with Crippen LogP contribution in [0.2, 0.25) is 5.02 Å². The average Bonchev–Trinajstić information content (AvgIpc) is 2.75. The first-order valence-electron chi connectivity index (χ1n) is 9.21. The monoisotopic (exact) mass is 440 g/mol. The summed E-state index contributed by atoms with van der Waals surface area (Å²) in [7, 11) is 1.63. The highest BCUT2D eigenvalue weighted by Crippen LogP contribution is 2.35. The van der Waals surface area contributed by atoms with E-state index in [0.717, 1.165) is 21.1 Å². The summed E-state index contributed by atoms with van der Waals surface area (Å²) in [6.07, 6.45) is 0. The Balaban J connectivity index is 1.63. The van der Waals surface area contributed by atoms with Crippen LogP contribution in [0.4, 0.5) is 5.69 Å². The molecule has 0 aliphatic heterocycles. The number of halogens is 1. The van der Waals surface area contributed by atoms with Crippen molar-refractivity contribution in [3.63, 3.8) is 0 Å². The van der Waals surface area contributed by atoms with Crippen LogP contribution < -0.4 is 15.4 Å². The van der Waals surface area contributed by atoms with Crippen molar-refractivity contribution < 1.29 is 14.3 Å². The molecule has 0 radical (unpaired) electrons. The number of ether oxygens (including phenoxy) is 1. The molecule has 2 amide bonds. The predicted molar refractivity (Wildman–Crippen MR) is 120 cm³/mol. The average molecular weight is 441 g/mol. The Hall–Kier alpha value is -2.96. The van der Waals surface area contributed by atoms with E-state index in [2.05, 4.69) is 10.6 Å². The molecule has 0 aliphatic rings. The van der Waals surface area contributed by atoms with Gasteiger partial charge in [-0.3, -0.25) is 9.59 Å². The molecule has 154 valence electrons. The van der Waals surface area contributed by atoms with E-state index in [1.807, 2.05) is 48.5 Å². The van der Waals surface area contributed by atoms with Gasteiger partial charge in [0.1, 0.15) is 5.75 Å². The van der Waals surface area contributed by atoms with Crippen molar-refractivity contribution in [2.75, 3.05) is 12.4 Å². The molecule has 0 spiro atoms. The Morgan fingerprint density at radius 3 is 2.30 bits per heavy atom. The number of benzene rings is 3. The van der Waals surface area contributed by atoms with E-state index in [1.54, 1.807) is 25.3 Å². The number of carbonyl (C=O) groups is 2. The van der Waals surface area contributed by atoms with Crippen molar-refractivity contribution in [1.82, 2.24) is 5.32 Å². The van der Waals surface area contributed by atoms with Gasteiger partial charge in [0.25, 0.3) is 5.91 Å². The van der Waals surface area contributed by atoms with Gasteiger partial charge in [-0.25, -0.2) is 0 Å². The zero-order valence-corrected chi connectivity index (χ0v) is 18.1. The van der Waals surface area contributed by atoms with E-state index < -0.39 is 0 Å². The quantitative estimate of drug-likeness (QED) is 0.517. The molecular weight excluding hydrogens is 420 g/mol. The molecule has 2 N–H and O–H groups in total. The standard InChI is InChI=1S/C23H21ClN2O3S/c1-15(27)25-14-16-3-5-17(6-4-16)23(28)26-18-7-12-22(21(24)13-18)30-20-10-8-19(29-2)9-11-20/h3-13H,14H2,1-2H3,(H,25,27)(H,26,28). The molecule has 0 aromatic heterocycles. The molecule has 0 bridgehead atoms. The third kappa shape index (κ3) is 6.02. The van der Waals surface area contributed by atoms with Crippen LogP contribution in [-0.2, 0) is 11.3 Å². The fourth-order valence-corrected chi connectivity index (χ4v) is 3.75. The highest BCUT2D eigenvalue weighted by Gasteiger charge is 2.09. The zero-order chi connectivity index (χ0) is 21.5. The maximum Gasteiger partial charge on any atom is 0.255 e. The molecule has 3 aromatic rings. The summed E-state index contributed by atoms with van der Waals surface area (Å²) in [5, 5.41) is 6.13. The Morgan fingerprint density at radius 2 is 1.70 bits per heavy atom. The summed E-state index contributed by atoms with van der Waals surface area (Å²) < 4.78 is 5.17. The number of anilines is 1. The first-order chi connectivity index (χ1) is 14.4. The Morgan fingerprint density at radius 1 is 1.00 bits per heavy atom. The molecule has 0 atom stereocenters. The van der Waals surface area contributed by atoms with Crippen molar-refractivity contribution in [2.45, 2.75) is 23.3 Å². The molecule has 0 fully saturated rings. The van der Waals surface area contributed by atoms with Crippen LogP contribution in [0.3, 0.4) is 0 Å². The molecule has 0 aliphatic carbocycles. The van der Waals surface area contributed by atoms with E-state index in [0.29, 0.717) is 22.8 Å². The smallest absolute Gasteiger partial charge is 0.255 e. The lowest BCUT2D eigenvalue weighted by Gasteiger charge is -2.10. The van der Waals surface area contributed by atoms with Crippen LogP contribution in [0.25, 0.3) is 0 Å². The minimum Gasteiger partial charge on any atom is -0.497 e. The van der Waals surface area contributed by atoms with E-state index in [1.165, 1.54) is 18.7 Å². The molecule has 3 aromatic carbocycles. The van der Waals surface area contributed by atoms with Gasteiger partial charge >= 0.3 is 0 Å². The molecule has 3 rings (SSSR count). The summed E-state index contributed by atoms with van der Waals surface area (Å²) >= 11 is 7.95. The number of hydrogen-bond donors (Lipinski definition) is 2. The van der Waals surface area contributed by atoms with Crippen LogP contribution in [0.1, 0.15) is 22.8 Å². The van der Waals surface area contributed by atoms with E-state index in [9.17, 15) is 9.59 Å². The lowest BCUT2D eigenvalue weighted by molar-refractivity contribution is -0.119. The lowest BCUT2D eigenvalue weighted by Crippen LogP contribution is -2.19. The molecule has 30 heavy (non-hydrogen) atoms. The summed E-state index contributed by atoms with van der Waals surface area (Å²) in [5.74, 6) is 0.474. The van der Waals surface area contributed by atoms with Crippen LogP contribution in [-0.4, -0.2) is 18.9 Å². The maximum atomic E-state index is 12.5. The second-order valence-corrected chi connectivity index (χ2v) is 8.01. The minimum atomic E-state index is -0.229. The SMILES string of the molecule is COc1ccc(Sc2ccc(NC(=O)c3ccc(CNC(C)=O)cc3)cc2Cl)cc1. The summed E-state index contributed by atoms with van der Waals surface area (Å²) in [6, 6.07) is 20.2. The molecule has 7 heteroatoms. The largest absolute Gasteiger partial charge is 0.497 e. The minimum absolute atomic E-state index is 0.0951. The first-order valence-corrected chi connectivity index (χ1v) is 10.4. The normalized spacial score (nSPS) is 10.4. The fraction of sp³-hybridized carbons (Fsp3) is 0.130. The Kier molecular flexibility index (Phi) is 7.38. The third-order valence-electron chi connectivity index (χ3n) is 4.23. The van der Waals surface area contributed by atoms with Gasteiger partial charge in [0.05, 0.1) is 12.1 Å². The second kappa shape index (κ2) is 10.2. The summed E-state index contributed by atoms with van der Waals surface area (Å²) in [5.41, 5.74) is 2.06. The van der Waals surface area contributed by atoms with Gasteiger partial charge in [-0.1, -0.05) is 35.5 Å². The van der Waals surface area contributed by atoms with E-state index in [4.69, 9.17) is 16.3 Å². The van der Waals surface area contributed by atoms with Crippen molar-refractivity contribution >= 4 is 40.9 Å². The maximum absolute atomic E-state index is 12.5. The summed E-state index contributed by atoms with van der Waals surface area (Å²) in [6.45, 7) is 1.90. The molecule has 5 nitrogen and oxygen atoms in total. The van der Waals surface area contributed by atoms with Gasteiger partial charge in [-0.05, 0) is 60.2 Å². The van der Waals surface area contributed by atoms with Crippen molar-refractivity contribution in [2.24, 2.45) is 0 Å². The van der Waals surface area contributed by atoms with Gasteiger partial charge in [0, 0.05) is 34.5 Å².